The molecule has 1 aromatic carbocycles. The molecule has 0 saturated carbocycles. The molecule has 2 heterocycles. The Morgan fingerprint density at radius 3 is 3.00 bits per heavy atom. The maximum Gasteiger partial charge on any atom is 0.274 e. The van der Waals surface area contributed by atoms with Gasteiger partial charge in [0, 0.05) is 18.0 Å². The maximum absolute atomic E-state index is 12.6. The lowest BCUT2D eigenvalue weighted by molar-refractivity contribution is -0.385. The predicted molar refractivity (Wildman–Crippen MR) is 89.0 cm³/mol. The van der Waals surface area contributed by atoms with Gasteiger partial charge in [0.1, 0.15) is 0 Å². The second kappa shape index (κ2) is 6.45. The molecule has 1 aromatic heterocycles. The van der Waals surface area contributed by atoms with Crippen molar-refractivity contribution in [1.82, 2.24) is 4.98 Å². The predicted octanol–water partition coefficient (Wildman–Crippen LogP) is 3.14. The van der Waals surface area contributed by atoms with Crippen molar-refractivity contribution in [3.05, 3.63) is 50.0 Å². The highest BCUT2D eigenvalue weighted by Gasteiger charge is 2.28. The quantitative estimate of drug-likeness (QED) is 0.637. The second-order valence-electron chi connectivity index (χ2n) is 5.44. The number of aromatic nitrogens is 1. The van der Waals surface area contributed by atoms with E-state index in [1.807, 2.05) is 12.3 Å². The smallest absolute Gasteiger partial charge is 0.274 e. The molecule has 2 aromatic rings. The fourth-order valence-electron chi connectivity index (χ4n) is 2.88. The SMILES string of the molecule is CCc1nc(CC(=O)N2CCCc3c2cccc3[N+](=O)[O-])cs1. The normalized spacial score (nSPS) is 13.7. The Labute approximate surface area is 137 Å². The summed E-state index contributed by atoms with van der Waals surface area (Å²) in [5.74, 6) is -0.0561. The summed E-state index contributed by atoms with van der Waals surface area (Å²) in [5.41, 5.74) is 2.20. The summed E-state index contributed by atoms with van der Waals surface area (Å²) >= 11 is 1.56. The Morgan fingerprint density at radius 1 is 1.48 bits per heavy atom. The first-order valence-corrected chi connectivity index (χ1v) is 8.48. The molecule has 0 radical (unpaired) electrons. The third kappa shape index (κ3) is 3.10. The molecule has 23 heavy (non-hydrogen) atoms. The summed E-state index contributed by atoms with van der Waals surface area (Å²) in [6.07, 6.45) is 2.46. The standard InChI is InChI=1S/C16H17N3O3S/c1-2-15-17-11(10-23-15)9-16(20)18-8-4-5-12-13(18)6-3-7-14(12)19(21)22/h3,6-7,10H,2,4-5,8-9H2,1H3. The first-order valence-electron chi connectivity index (χ1n) is 7.60. The number of carbonyl (C=O) groups excluding carboxylic acids is 1. The minimum Gasteiger partial charge on any atom is -0.312 e. The van der Waals surface area contributed by atoms with Crippen LogP contribution in [0, 0.1) is 10.1 Å². The molecule has 1 aliphatic rings. The second-order valence-corrected chi connectivity index (χ2v) is 6.39. The van der Waals surface area contributed by atoms with Gasteiger partial charge in [-0.1, -0.05) is 13.0 Å². The Hall–Kier alpha value is -2.28. The van der Waals surface area contributed by atoms with Gasteiger partial charge in [-0.05, 0) is 25.3 Å². The van der Waals surface area contributed by atoms with E-state index in [0.29, 0.717) is 24.2 Å². The van der Waals surface area contributed by atoms with E-state index in [-0.39, 0.29) is 22.9 Å². The van der Waals surface area contributed by atoms with E-state index < -0.39 is 0 Å². The highest BCUT2D eigenvalue weighted by molar-refractivity contribution is 7.09. The zero-order valence-corrected chi connectivity index (χ0v) is 13.6. The van der Waals surface area contributed by atoms with Crippen molar-refractivity contribution in [3.63, 3.8) is 0 Å². The van der Waals surface area contributed by atoms with E-state index in [1.165, 1.54) is 6.07 Å². The number of amides is 1. The average Bonchev–Trinajstić information content (AvgIpc) is 3.01. The first kappa shape index (κ1) is 15.6. The Bertz CT molecular complexity index is 757. The molecular formula is C16H17N3O3S. The van der Waals surface area contributed by atoms with Crippen LogP contribution in [0.4, 0.5) is 11.4 Å². The molecule has 3 rings (SSSR count). The van der Waals surface area contributed by atoms with Crippen LogP contribution < -0.4 is 4.90 Å². The van der Waals surface area contributed by atoms with Gasteiger partial charge in [0.15, 0.2) is 0 Å². The fraction of sp³-hybridized carbons (Fsp3) is 0.375. The zero-order chi connectivity index (χ0) is 16.4. The number of benzene rings is 1. The Morgan fingerprint density at radius 2 is 2.30 bits per heavy atom. The van der Waals surface area contributed by atoms with Crippen LogP contribution in [0.3, 0.4) is 0 Å². The summed E-state index contributed by atoms with van der Waals surface area (Å²) in [4.78, 5) is 29.5. The van der Waals surface area contributed by atoms with Gasteiger partial charge in [-0.2, -0.15) is 0 Å². The van der Waals surface area contributed by atoms with Gasteiger partial charge in [0.05, 0.1) is 33.3 Å². The van der Waals surface area contributed by atoms with Gasteiger partial charge in [-0.25, -0.2) is 4.98 Å². The minimum absolute atomic E-state index is 0.0561. The fourth-order valence-corrected chi connectivity index (χ4v) is 3.62. The van der Waals surface area contributed by atoms with E-state index in [1.54, 1.807) is 28.4 Å². The topological polar surface area (TPSA) is 76.3 Å². The van der Waals surface area contributed by atoms with E-state index in [0.717, 1.165) is 23.5 Å². The molecule has 1 amide bonds. The van der Waals surface area contributed by atoms with Gasteiger partial charge in [-0.3, -0.25) is 14.9 Å². The summed E-state index contributed by atoms with van der Waals surface area (Å²) in [6, 6.07) is 4.93. The van der Waals surface area contributed by atoms with Gasteiger partial charge >= 0.3 is 0 Å². The molecule has 0 atom stereocenters. The number of carbonyl (C=O) groups is 1. The van der Waals surface area contributed by atoms with Crippen LogP contribution in [0.15, 0.2) is 23.6 Å². The molecule has 0 fully saturated rings. The van der Waals surface area contributed by atoms with Gasteiger partial charge < -0.3 is 4.90 Å². The van der Waals surface area contributed by atoms with Gasteiger partial charge in [0.25, 0.3) is 5.69 Å². The van der Waals surface area contributed by atoms with Crippen molar-refractivity contribution in [2.45, 2.75) is 32.6 Å². The van der Waals surface area contributed by atoms with Crippen molar-refractivity contribution < 1.29 is 9.72 Å². The average molecular weight is 331 g/mol. The Balaban J connectivity index is 1.86. The number of nitrogens with zero attached hydrogens (tertiary/aromatic N) is 3. The van der Waals surface area contributed by atoms with E-state index >= 15 is 0 Å². The van der Waals surface area contributed by atoms with E-state index in [9.17, 15) is 14.9 Å². The molecule has 6 nitrogen and oxygen atoms in total. The molecule has 0 bridgehead atoms. The minimum atomic E-state index is -0.374. The Kier molecular flexibility index (Phi) is 4.38. The molecule has 120 valence electrons. The van der Waals surface area contributed by atoms with Gasteiger partial charge in [-0.15, -0.1) is 11.3 Å². The number of hydrogen-bond donors (Lipinski definition) is 0. The van der Waals surface area contributed by atoms with Crippen LogP contribution in [-0.2, 0) is 24.1 Å². The number of aryl methyl sites for hydroxylation is 1. The molecule has 7 heteroatoms. The van der Waals surface area contributed by atoms with Crippen LogP contribution >= 0.6 is 11.3 Å². The summed E-state index contributed by atoms with van der Waals surface area (Å²) in [6.45, 7) is 2.63. The third-order valence-corrected chi connectivity index (χ3v) is 5.00. The van der Waals surface area contributed by atoms with Crippen molar-refractivity contribution in [2.24, 2.45) is 0 Å². The van der Waals surface area contributed by atoms with Crippen LogP contribution in [-0.4, -0.2) is 22.4 Å². The van der Waals surface area contributed by atoms with Crippen molar-refractivity contribution in [3.8, 4) is 0 Å². The van der Waals surface area contributed by atoms with E-state index in [2.05, 4.69) is 4.98 Å². The number of rotatable bonds is 4. The molecule has 0 N–H and O–H groups in total. The highest BCUT2D eigenvalue weighted by atomic mass is 32.1. The molecule has 0 saturated heterocycles. The lowest BCUT2D eigenvalue weighted by Gasteiger charge is -2.29. The highest BCUT2D eigenvalue weighted by Crippen LogP contribution is 2.34. The number of nitro groups is 1. The number of anilines is 1. The zero-order valence-electron chi connectivity index (χ0n) is 12.8. The number of thiazole rings is 1. The number of nitro benzene ring substituents is 1. The van der Waals surface area contributed by atoms with Crippen molar-refractivity contribution in [2.75, 3.05) is 11.4 Å². The number of hydrogen-bond acceptors (Lipinski definition) is 5. The molecule has 0 unspecified atom stereocenters. The number of fused-ring (bicyclic) bond motifs is 1. The summed E-state index contributed by atoms with van der Waals surface area (Å²) in [7, 11) is 0. The van der Waals surface area contributed by atoms with Crippen LogP contribution in [0.1, 0.15) is 29.6 Å². The summed E-state index contributed by atoms with van der Waals surface area (Å²) < 4.78 is 0. The lowest BCUT2D eigenvalue weighted by atomic mass is 9.99. The van der Waals surface area contributed by atoms with E-state index in [4.69, 9.17) is 0 Å². The van der Waals surface area contributed by atoms with Crippen LogP contribution in [0.25, 0.3) is 0 Å². The summed E-state index contributed by atoms with van der Waals surface area (Å²) in [5, 5.41) is 14.1. The largest absolute Gasteiger partial charge is 0.312 e. The van der Waals surface area contributed by atoms with Gasteiger partial charge in [0.2, 0.25) is 5.91 Å². The van der Waals surface area contributed by atoms with Crippen molar-refractivity contribution >= 4 is 28.6 Å². The third-order valence-electron chi connectivity index (χ3n) is 3.96. The molecule has 0 spiro atoms. The van der Waals surface area contributed by atoms with Crippen LogP contribution in [0.5, 0.6) is 0 Å². The van der Waals surface area contributed by atoms with Crippen LogP contribution in [0.2, 0.25) is 0 Å². The van der Waals surface area contributed by atoms with Crippen molar-refractivity contribution in [1.29, 1.82) is 0 Å². The molecule has 0 aliphatic carbocycles. The maximum atomic E-state index is 12.6. The first-order chi connectivity index (χ1) is 11.1. The monoisotopic (exact) mass is 331 g/mol. The lowest BCUT2D eigenvalue weighted by Crippen LogP contribution is -2.36. The molecule has 1 aliphatic heterocycles. The molecular weight excluding hydrogens is 314 g/mol.